The van der Waals surface area contributed by atoms with Crippen LogP contribution in [0.4, 0.5) is 5.69 Å². The van der Waals surface area contributed by atoms with Gasteiger partial charge in [-0.1, -0.05) is 12.1 Å². The maximum absolute atomic E-state index is 12.1. The maximum Gasteiger partial charge on any atom is 0.226 e. The monoisotopic (exact) mass is 343 g/mol. The molecule has 128 valence electrons. The van der Waals surface area contributed by atoms with Gasteiger partial charge in [0, 0.05) is 19.0 Å². The first-order chi connectivity index (χ1) is 10.6. The standard InChI is InChI=1S/C15H21N3O4.ClH/c16-14(19)5-7-22-13-4-2-1-3-12(13)18-15(20)9-11-10-21-8-6-17-11;/h1-4,11,17H,5-10H2,(H2,16,19)(H,18,20);1H. The molecule has 2 amide bonds. The van der Waals surface area contributed by atoms with E-state index in [1.165, 1.54) is 0 Å². The van der Waals surface area contributed by atoms with Crippen LogP contribution in [0.1, 0.15) is 12.8 Å². The first-order valence-electron chi connectivity index (χ1n) is 7.26. The molecule has 1 aliphatic heterocycles. The summed E-state index contributed by atoms with van der Waals surface area (Å²) >= 11 is 0. The highest BCUT2D eigenvalue weighted by molar-refractivity contribution is 5.92. The summed E-state index contributed by atoms with van der Waals surface area (Å²) in [7, 11) is 0. The summed E-state index contributed by atoms with van der Waals surface area (Å²) in [5, 5.41) is 6.05. The van der Waals surface area contributed by atoms with Gasteiger partial charge in [-0.05, 0) is 12.1 Å². The zero-order chi connectivity index (χ0) is 15.8. The topological polar surface area (TPSA) is 103 Å². The highest BCUT2D eigenvalue weighted by atomic mass is 35.5. The number of primary amides is 1. The van der Waals surface area contributed by atoms with Crippen LogP contribution in [-0.4, -0.2) is 44.2 Å². The third-order valence-electron chi connectivity index (χ3n) is 3.20. The van der Waals surface area contributed by atoms with Crippen molar-refractivity contribution in [2.24, 2.45) is 5.73 Å². The largest absolute Gasteiger partial charge is 0.491 e. The summed E-state index contributed by atoms with van der Waals surface area (Å²) in [6.45, 7) is 2.14. The van der Waals surface area contributed by atoms with E-state index >= 15 is 0 Å². The third kappa shape index (κ3) is 6.85. The molecule has 1 aromatic rings. The number of nitrogens with two attached hydrogens (primary N) is 1. The number of morpholine rings is 1. The first kappa shape index (κ1) is 19.2. The number of para-hydroxylation sites is 2. The number of rotatable bonds is 7. The molecule has 0 aliphatic carbocycles. The molecule has 0 aromatic heterocycles. The Labute approximate surface area is 141 Å². The predicted octanol–water partition coefficient (Wildman–Crippen LogP) is 0.680. The Morgan fingerprint density at radius 2 is 2.17 bits per heavy atom. The molecule has 1 fully saturated rings. The summed E-state index contributed by atoms with van der Waals surface area (Å²) < 4.78 is 10.8. The fraction of sp³-hybridized carbons (Fsp3) is 0.467. The molecule has 0 spiro atoms. The van der Waals surface area contributed by atoms with E-state index in [0.29, 0.717) is 31.1 Å². The quantitative estimate of drug-likeness (QED) is 0.675. The molecule has 1 aliphatic rings. The van der Waals surface area contributed by atoms with Crippen LogP contribution in [0.2, 0.25) is 0 Å². The van der Waals surface area contributed by atoms with Gasteiger partial charge < -0.3 is 25.8 Å². The second-order valence-corrected chi connectivity index (χ2v) is 5.04. The molecule has 0 radical (unpaired) electrons. The first-order valence-corrected chi connectivity index (χ1v) is 7.26. The van der Waals surface area contributed by atoms with Crippen molar-refractivity contribution in [2.75, 3.05) is 31.7 Å². The van der Waals surface area contributed by atoms with Crippen LogP contribution in [0.25, 0.3) is 0 Å². The molecular formula is C15H22ClN3O4. The molecule has 1 unspecified atom stereocenters. The molecule has 1 saturated heterocycles. The van der Waals surface area contributed by atoms with Crippen LogP contribution < -0.4 is 21.1 Å². The Morgan fingerprint density at radius 3 is 2.87 bits per heavy atom. The van der Waals surface area contributed by atoms with Crippen LogP contribution in [0.15, 0.2) is 24.3 Å². The van der Waals surface area contributed by atoms with Crippen LogP contribution in [0.3, 0.4) is 0 Å². The Morgan fingerprint density at radius 1 is 1.39 bits per heavy atom. The fourth-order valence-electron chi connectivity index (χ4n) is 2.13. The number of carbonyl (C=O) groups is 2. The number of anilines is 1. The SMILES string of the molecule is Cl.NC(=O)CCOc1ccccc1NC(=O)CC1COCCN1. The van der Waals surface area contributed by atoms with Crippen molar-refractivity contribution in [3.05, 3.63) is 24.3 Å². The van der Waals surface area contributed by atoms with Crippen LogP contribution in [-0.2, 0) is 14.3 Å². The number of ether oxygens (including phenoxy) is 2. The summed E-state index contributed by atoms with van der Waals surface area (Å²) in [4.78, 5) is 22.8. The molecule has 0 saturated carbocycles. The van der Waals surface area contributed by atoms with Crippen LogP contribution in [0.5, 0.6) is 5.75 Å². The highest BCUT2D eigenvalue weighted by Gasteiger charge is 2.17. The molecule has 23 heavy (non-hydrogen) atoms. The van der Waals surface area contributed by atoms with Crippen molar-refractivity contribution in [3.63, 3.8) is 0 Å². The van der Waals surface area contributed by atoms with E-state index in [0.717, 1.165) is 6.54 Å². The van der Waals surface area contributed by atoms with E-state index in [-0.39, 0.29) is 37.4 Å². The highest BCUT2D eigenvalue weighted by Crippen LogP contribution is 2.24. The summed E-state index contributed by atoms with van der Waals surface area (Å²) in [6.07, 6.45) is 0.460. The summed E-state index contributed by atoms with van der Waals surface area (Å²) in [5.74, 6) is -0.0243. The molecule has 7 nitrogen and oxygen atoms in total. The van der Waals surface area contributed by atoms with Gasteiger partial charge in [-0.3, -0.25) is 9.59 Å². The number of nitrogens with one attached hydrogen (secondary N) is 2. The minimum absolute atomic E-state index is 0. The van der Waals surface area contributed by atoms with Gasteiger partial charge in [0.15, 0.2) is 0 Å². The number of amides is 2. The number of benzene rings is 1. The van der Waals surface area contributed by atoms with Gasteiger partial charge in [0.05, 0.1) is 31.9 Å². The number of hydrogen-bond acceptors (Lipinski definition) is 5. The van der Waals surface area contributed by atoms with E-state index < -0.39 is 5.91 Å². The number of hydrogen-bond donors (Lipinski definition) is 3. The van der Waals surface area contributed by atoms with Gasteiger partial charge in [-0.25, -0.2) is 0 Å². The second kappa shape index (κ2) is 10.0. The van der Waals surface area contributed by atoms with E-state index in [9.17, 15) is 9.59 Å². The average molecular weight is 344 g/mol. The lowest BCUT2D eigenvalue weighted by atomic mass is 10.2. The minimum atomic E-state index is -0.426. The predicted molar refractivity (Wildman–Crippen MR) is 88.9 cm³/mol. The zero-order valence-corrected chi connectivity index (χ0v) is 13.6. The lowest BCUT2D eigenvalue weighted by Gasteiger charge is -2.23. The van der Waals surface area contributed by atoms with Crippen molar-refractivity contribution in [2.45, 2.75) is 18.9 Å². The molecular weight excluding hydrogens is 322 g/mol. The van der Waals surface area contributed by atoms with E-state index in [4.69, 9.17) is 15.2 Å². The summed E-state index contributed by atoms with van der Waals surface area (Å²) in [6, 6.07) is 7.11. The molecule has 1 heterocycles. The Hall–Kier alpha value is -1.83. The number of halogens is 1. The molecule has 1 aromatic carbocycles. The second-order valence-electron chi connectivity index (χ2n) is 5.04. The Kier molecular flexibility index (Phi) is 8.39. The van der Waals surface area contributed by atoms with Gasteiger partial charge >= 0.3 is 0 Å². The third-order valence-corrected chi connectivity index (χ3v) is 3.20. The smallest absolute Gasteiger partial charge is 0.226 e. The fourth-order valence-corrected chi connectivity index (χ4v) is 2.13. The van der Waals surface area contributed by atoms with Gasteiger partial charge in [0.2, 0.25) is 11.8 Å². The number of carbonyl (C=O) groups excluding carboxylic acids is 2. The molecule has 0 bridgehead atoms. The van der Waals surface area contributed by atoms with Crippen molar-refractivity contribution in [1.29, 1.82) is 0 Å². The summed E-state index contributed by atoms with van der Waals surface area (Å²) in [5.41, 5.74) is 5.65. The van der Waals surface area contributed by atoms with E-state index in [1.54, 1.807) is 24.3 Å². The minimum Gasteiger partial charge on any atom is -0.491 e. The van der Waals surface area contributed by atoms with E-state index in [2.05, 4.69) is 10.6 Å². The van der Waals surface area contributed by atoms with Crippen LogP contribution >= 0.6 is 12.4 Å². The van der Waals surface area contributed by atoms with Crippen molar-refractivity contribution in [1.82, 2.24) is 5.32 Å². The maximum atomic E-state index is 12.1. The lowest BCUT2D eigenvalue weighted by Crippen LogP contribution is -2.43. The van der Waals surface area contributed by atoms with E-state index in [1.807, 2.05) is 0 Å². The van der Waals surface area contributed by atoms with Crippen molar-refractivity contribution < 1.29 is 19.1 Å². The zero-order valence-electron chi connectivity index (χ0n) is 12.7. The van der Waals surface area contributed by atoms with Gasteiger partial charge in [0.25, 0.3) is 0 Å². The average Bonchev–Trinajstić information content (AvgIpc) is 2.49. The normalized spacial score (nSPS) is 17.0. The molecule has 1 atom stereocenters. The van der Waals surface area contributed by atoms with Gasteiger partial charge in [-0.15, -0.1) is 12.4 Å². The Bertz CT molecular complexity index is 521. The molecule has 2 rings (SSSR count). The van der Waals surface area contributed by atoms with Gasteiger partial charge in [0.1, 0.15) is 5.75 Å². The molecule has 4 N–H and O–H groups in total. The van der Waals surface area contributed by atoms with Crippen LogP contribution in [0, 0.1) is 0 Å². The molecule has 8 heteroatoms. The lowest BCUT2D eigenvalue weighted by molar-refractivity contribution is -0.119. The Balaban J connectivity index is 0.00000264. The van der Waals surface area contributed by atoms with Crippen molar-refractivity contribution in [3.8, 4) is 5.75 Å². The van der Waals surface area contributed by atoms with Crippen molar-refractivity contribution >= 4 is 29.9 Å². The van der Waals surface area contributed by atoms with Gasteiger partial charge in [-0.2, -0.15) is 0 Å².